The predicted octanol–water partition coefficient (Wildman–Crippen LogP) is 16.2. The molecule has 0 N–H and O–H groups in total. The minimum atomic E-state index is -0.568. The SMILES string of the molecule is CCCCCCCCC1(CCCCCCCC)c2cc(C)ccc2-c2ccc(-c3ccc(N(c4ccc(C)cc4)c4cccc(C(=O)OC(C)(C)C)c4)cc3)cc21. The van der Waals surface area contributed by atoms with Gasteiger partial charge in [0.15, 0.2) is 0 Å². The maximum atomic E-state index is 13.2. The summed E-state index contributed by atoms with van der Waals surface area (Å²) in [7, 11) is 0. The number of ether oxygens (including phenoxy) is 1. The first-order valence-electron chi connectivity index (χ1n) is 22.1. The van der Waals surface area contributed by atoms with Gasteiger partial charge in [0, 0.05) is 22.5 Å². The molecule has 0 heterocycles. The fraction of sp³-hybridized carbons (Fsp3) is 0.426. The average Bonchev–Trinajstić information content (AvgIpc) is 3.46. The van der Waals surface area contributed by atoms with Gasteiger partial charge in [0.05, 0.1) is 5.56 Å². The summed E-state index contributed by atoms with van der Waals surface area (Å²) in [6.07, 6.45) is 18.3. The monoisotopic (exact) mass is 762 g/mol. The van der Waals surface area contributed by atoms with E-state index in [1.54, 1.807) is 5.56 Å². The van der Waals surface area contributed by atoms with Gasteiger partial charge in [-0.05, 0) is 129 Å². The van der Waals surface area contributed by atoms with Gasteiger partial charge < -0.3 is 9.64 Å². The fourth-order valence-corrected chi connectivity index (χ4v) is 8.92. The minimum Gasteiger partial charge on any atom is -0.456 e. The maximum absolute atomic E-state index is 13.2. The molecule has 0 aliphatic heterocycles. The van der Waals surface area contributed by atoms with E-state index in [1.807, 2.05) is 39.0 Å². The van der Waals surface area contributed by atoms with Crippen LogP contribution in [0, 0.1) is 13.8 Å². The minimum absolute atomic E-state index is 0.0452. The molecule has 3 nitrogen and oxygen atoms in total. The van der Waals surface area contributed by atoms with Crippen molar-refractivity contribution in [2.45, 2.75) is 149 Å². The highest BCUT2D eigenvalue weighted by atomic mass is 16.6. The summed E-state index contributed by atoms with van der Waals surface area (Å²) in [5.74, 6) is -0.318. The van der Waals surface area contributed by atoms with Crippen molar-refractivity contribution in [2.24, 2.45) is 0 Å². The summed E-state index contributed by atoms with van der Waals surface area (Å²) >= 11 is 0. The number of hydrogen-bond donors (Lipinski definition) is 0. The summed E-state index contributed by atoms with van der Waals surface area (Å²) < 4.78 is 5.75. The molecule has 0 bridgehead atoms. The molecule has 0 saturated carbocycles. The average molecular weight is 762 g/mol. The number of benzene rings is 5. The summed E-state index contributed by atoms with van der Waals surface area (Å²) in [5, 5.41) is 0. The summed E-state index contributed by atoms with van der Waals surface area (Å²) in [6, 6.07) is 39.9. The number of nitrogens with zero attached hydrogens (tertiary/aromatic N) is 1. The Morgan fingerprint density at radius 3 is 1.65 bits per heavy atom. The number of carbonyl (C=O) groups excluding carboxylic acids is 1. The van der Waals surface area contributed by atoms with Crippen molar-refractivity contribution in [1.82, 2.24) is 0 Å². The third-order valence-electron chi connectivity index (χ3n) is 11.9. The molecule has 0 unspecified atom stereocenters. The number of fused-ring (bicyclic) bond motifs is 3. The van der Waals surface area contributed by atoms with Crippen molar-refractivity contribution < 1.29 is 9.53 Å². The van der Waals surface area contributed by atoms with Crippen LogP contribution in [0.3, 0.4) is 0 Å². The first-order chi connectivity index (χ1) is 27.5. The van der Waals surface area contributed by atoms with Crippen LogP contribution in [-0.2, 0) is 10.2 Å². The van der Waals surface area contributed by atoms with Crippen LogP contribution in [-0.4, -0.2) is 11.6 Å². The zero-order chi connectivity index (χ0) is 40.4. The molecule has 1 aliphatic carbocycles. The first kappa shape index (κ1) is 42.0. The molecule has 5 aromatic carbocycles. The van der Waals surface area contributed by atoms with Crippen molar-refractivity contribution in [3.8, 4) is 22.3 Å². The normalized spacial score (nSPS) is 13.0. The molecule has 0 spiro atoms. The molecule has 0 aromatic heterocycles. The van der Waals surface area contributed by atoms with Gasteiger partial charge in [-0.15, -0.1) is 0 Å². The Labute approximate surface area is 344 Å². The van der Waals surface area contributed by atoms with Gasteiger partial charge in [0.25, 0.3) is 0 Å². The lowest BCUT2D eigenvalue weighted by molar-refractivity contribution is 0.00695. The second-order valence-electron chi connectivity index (χ2n) is 17.7. The number of unbranched alkanes of at least 4 members (excludes halogenated alkanes) is 10. The Balaban J connectivity index is 1.35. The van der Waals surface area contributed by atoms with Gasteiger partial charge >= 0.3 is 5.97 Å². The van der Waals surface area contributed by atoms with Crippen LogP contribution < -0.4 is 4.90 Å². The smallest absolute Gasteiger partial charge is 0.338 e. The van der Waals surface area contributed by atoms with Gasteiger partial charge in [-0.25, -0.2) is 4.79 Å². The highest BCUT2D eigenvalue weighted by Gasteiger charge is 2.42. The maximum Gasteiger partial charge on any atom is 0.338 e. The molecule has 0 radical (unpaired) electrons. The summed E-state index contributed by atoms with van der Waals surface area (Å²) in [5.41, 5.74) is 14.0. The lowest BCUT2D eigenvalue weighted by atomic mass is 9.70. The molecule has 57 heavy (non-hydrogen) atoms. The van der Waals surface area contributed by atoms with Crippen LogP contribution in [0.1, 0.15) is 157 Å². The van der Waals surface area contributed by atoms with Gasteiger partial charge in [0.1, 0.15) is 5.60 Å². The van der Waals surface area contributed by atoms with E-state index in [0.717, 1.165) is 17.1 Å². The lowest BCUT2D eigenvalue weighted by Crippen LogP contribution is -2.25. The molecule has 0 saturated heterocycles. The molecular weight excluding hydrogens is 695 g/mol. The summed E-state index contributed by atoms with van der Waals surface area (Å²) in [4.78, 5) is 15.4. The zero-order valence-electron chi connectivity index (χ0n) is 36.1. The molecule has 0 amide bonds. The Hall–Kier alpha value is -4.63. The van der Waals surface area contributed by atoms with Crippen LogP contribution in [0.15, 0.2) is 109 Å². The van der Waals surface area contributed by atoms with E-state index in [0.29, 0.717) is 5.56 Å². The van der Waals surface area contributed by atoms with Crippen LogP contribution >= 0.6 is 0 Å². The zero-order valence-corrected chi connectivity index (χ0v) is 36.1. The van der Waals surface area contributed by atoms with Crippen molar-refractivity contribution in [3.05, 3.63) is 137 Å². The third kappa shape index (κ3) is 10.3. The van der Waals surface area contributed by atoms with Gasteiger partial charge in [-0.1, -0.05) is 163 Å². The Morgan fingerprint density at radius 1 is 0.544 bits per heavy atom. The van der Waals surface area contributed by atoms with Crippen molar-refractivity contribution in [1.29, 1.82) is 0 Å². The van der Waals surface area contributed by atoms with Crippen molar-refractivity contribution in [3.63, 3.8) is 0 Å². The van der Waals surface area contributed by atoms with E-state index in [4.69, 9.17) is 4.74 Å². The second-order valence-corrected chi connectivity index (χ2v) is 17.7. The second kappa shape index (κ2) is 19.2. The lowest BCUT2D eigenvalue weighted by Gasteiger charge is -2.33. The highest BCUT2D eigenvalue weighted by Crippen LogP contribution is 2.55. The highest BCUT2D eigenvalue weighted by molar-refractivity contribution is 5.92. The van der Waals surface area contributed by atoms with E-state index in [2.05, 4.69) is 124 Å². The van der Waals surface area contributed by atoms with E-state index < -0.39 is 5.60 Å². The summed E-state index contributed by atoms with van der Waals surface area (Å²) in [6.45, 7) is 14.7. The van der Waals surface area contributed by atoms with Gasteiger partial charge in [-0.3, -0.25) is 0 Å². The van der Waals surface area contributed by atoms with Crippen LogP contribution in [0.25, 0.3) is 22.3 Å². The number of carbonyl (C=O) groups is 1. The van der Waals surface area contributed by atoms with E-state index in [9.17, 15) is 4.79 Å². The van der Waals surface area contributed by atoms with Crippen molar-refractivity contribution >= 4 is 23.0 Å². The van der Waals surface area contributed by atoms with E-state index in [1.165, 1.54) is 129 Å². The van der Waals surface area contributed by atoms with Gasteiger partial charge in [-0.2, -0.15) is 0 Å². The predicted molar refractivity (Wildman–Crippen MR) is 243 cm³/mol. The van der Waals surface area contributed by atoms with E-state index >= 15 is 0 Å². The van der Waals surface area contributed by atoms with Crippen molar-refractivity contribution in [2.75, 3.05) is 4.90 Å². The largest absolute Gasteiger partial charge is 0.456 e. The fourth-order valence-electron chi connectivity index (χ4n) is 8.92. The number of esters is 1. The molecule has 5 aromatic rings. The Bertz CT molecular complexity index is 2050. The Morgan fingerprint density at radius 2 is 1.05 bits per heavy atom. The molecule has 0 atom stereocenters. The van der Waals surface area contributed by atoms with E-state index in [-0.39, 0.29) is 11.4 Å². The van der Waals surface area contributed by atoms with Crippen LogP contribution in [0.4, 0.5) is 17.1 Å². The van der Waals surface area contributed by atoms with Gasteiger partial charge in [0.2, 0.25) is 0 Å². The number of rotatable bonds is 19. The first-order valence-corrected chi connectivity index (χ1v) is 22.1. The molecule has 300 valence electrons. The topological polar surface area (TPSA) is 29.5 Å². The molecule has 6 rings (SSSR count). The Kier molecular flexibility index (Phi) is 14.2. The molecule has 1 aliphatic rings. The number of aryl methyl sites for hydroxylation is 2. The molecule has 3 heteroatoms. The quantitative estimate of drug-likeness (QED) is 0.0620. The molecule has 0 fully saturated rings. The van der Waals surface area contributed by atoms with Crippen LogP contribution in [0.2, 0.25) is 0 Å². The van der Waals surface area contributed by atoms with Crippen LogP contribution in [0.5, 0.6) is 0 Å². The number of anilines is 3. The number of hydrogen-bond acceptors (Lipinski definition) is 3. The standard InChI is InChI=1S/C54H67NO2/c1-8-10-12-14-16-18-35-54(36-19-17-15-13-11-9-2)50-37-41(4)25-33-48(50)49-34-28-43(39-51(49)54)42-26-31-46(32-27-42)55(45-29-23-40(3)24-30-45)47-22-20-21-44(38-47)52(56)57-53(5,6)7/h20-34,37-39H,8-19,35-36H2,1-7H3. The molecular formula is C54H67NO2. The third-order valence-corrected chi connectivity index (χ3v) is 11.9.